The van der Waals surface area contributed by atoms with E-state index < -0.39 is 12.6 Å². The number of nitrogens with zero attached hydrogens (tertiary/aromatic N) is 3. The van der Waals surface area contributed by atoms with Crippen LogP contribution >= 0.6 is 11.6 Å². The summed E-state index contributed by atoms with van der Waals surface area (Å²) in [5.74, 6) is -1.09. The Morgan fingerprint density at radius 3 is 2.50 bits per heavy atom. The topological polar surface area (TPSA) is 92.1 Å². The van der Waals surface area contributed by atoms with Crippen molar-refractivity contribution < 1.29 is 14.3 Å². The molecule has 0 aromatic heterocycles. The van der Waals surface area contributed by atoms with Gasteiger partial charge in [0.2, 0.25) is 0 Å². The van der Waals surface area contributed by atoms with Gasteiger partial charge in [0.05, 0.1) is 11.3 Å². The van der Waals surface area contributed by atoms with Crippen LogP contribution < -0.4 is 0 Å². The monoisotopic (exact) mass is 315 g/mol. The highest BCUT2D eigenvalue weighted by atomic mass is 35.5. The minimum Gasteiger partial charge on any atom is -0.454 e. The molecule has 0 amide bonds. The number of carbonyl (C=O) groups excluding carboxylic acids is 2. The van der Waals surface area contributed by atoms with Crippen LogP contribution in [0.3, 0.4) is 0 Å². The molecule has 0 aliphatic carbocycles. The van der Waals surface area contributed by atoms with Crippen molar-refractivity contribution in [2.75, 3.05) is 6.61 Å². The molecule has 0 atom stereocenters. The summed E-state index contributed by atoms with van der Waals surface area (Å²) >= 11 is 5.73. The second-order valence-electron chi connectivity index (χ2n) is 4.21. The Morgan fingerprint density at radius 2 is 1.82 bits per heavy atom. The molecule has 0 unspecified atom stereocenters. The fourth-order valence-corrected chi connectivity index (χ4v) is 1.84. The quantitative estimate of drug-likeness (QED) is 0.270. The Kier molecular flexibility index (Phi) is 5.14. The summed E-state index contributed by atoms with van der Waals surface area (Å²) in [6.45, 7) is -0.412. The summed E-state index contributed by atoms with van der Waals surface area (Å²) in [5, 5.41) is 3.91. The molecule has 7 heteroatoms. The normalized spacial score (nSPS) is 9.68. The number of carbonyl (C=O) groups is 2. The third kappa shape index (κ3) is 3.85. The number of rotatable bonds is 5. The molecule has 0 fully saturated rings. The summed E-state index contributed by atoms with van der Waals surface area (Å²) in [6, 6.07) is 12.4. The van der Waals surface area contributed by atoms with E-state index in [4.69, 9.17) is 21.9 Å². The van der Waals surface area contributed by atoms with E-state index in [9.17, 15) is 9.59 Å². The van der Waals surface area contributed by atoms with Gasteiger partial charge >= 0.3 is 5.97 Å². The van der Waals surface area contributed by atoms with Gasteiger partial charge in [-0.1, -0.05) is 34.9 Å². The molecule has 0 spiro atoms. The first kappa shape index (κ1) is 15.6. The molecule has 6 nitrogen and oxygen atoms in total. The van der Waals surface area contributed by atoms with Crippen LogP contribution in [0.5, 0.6) is 0 Å². The van der Waals surface area contributed by atoms with Gasteiger partial charge in [-0.15, -0.1) is 0 Å². The Labute approximate surface area is 130 Å². The number of azide groups is 1. The lowest BCUT2D eigenvalue weighted by molar-refractivity contribution is 0.0475. The van der Waals surface area contributed by atoms with Gasteiger partial charge in [-0.25, -0.2) is 4.79 Å². The van der Waals surface area contributed by atoms with Gasteiger partial charge in [-0.2, -0.15) is 0 Å². The van der Waals surface area contributed by atoms with Crippen molar-refractivity contribution in [1.29, 1.82) is 0 Å². The first-order chi connectivity index (χ1) is 10.6. The van der Waals surface area contributed by atoms with Crippen LogP contribution in [0.15, 0.2) is 53.6 Å². The number of ketones is 1. The van der Waals surface area contributed by atoms with E-state index in [2.05, 4.69) is 10.0 Å². The number of halogens is 1. The van der Waals surface area contributed by atoms with Crippen molar-refractivity contribution in [3.8, 4) is 0 Å². The van der Waals surface area contributed by atoms with Crippen molar-refractivity contribution in [3.63, 3.8) is 0 Å². The minimum atomic E-state index is -0.731. The van der Waals surface area contributed by atoms with Gasteiger partial charge in [0.25, 0.3) is 0 Å². The molecule has 22 heavy (non-hydrogen) atoms. The summed E-state index contributed by atoms with van der Waals surface area (Å²) in [7, 11) is 0. The zero-order valence-corrected chi connectivity index (χ0v) is 12.0. The van der Waals surface area contributed by atoms with Crippen LogP contribution in [-0.2, 0) is 4.74 Å². The van der Waals surface area contributed by atoms with Crippen molar-refractivity contribution in [2.24, 2.45) is 5.11 Å². The summed E-state index contributed by atoms with van der Waals surface area (Å²) in [5.41, 5.74) is 9.09. The minimum absolute atomic E-state index is 0.101. The van der Waals surface area contributed by atoms with Gasteiger partial charge < -0.3 is 4.74 Å². The van der Waals surface area contributed by atoms with Crippen LogP contribution in [0.25, 0.3) is 10.4 Å². The molecule has 2 rings (SSSR count). The van der Waals surface area contributed by atoms with E-state index >= 15 is 0 Å². The molecule has 0 aliphatic rings. The lowest BCUT2D eigenvalue weighted by Crippen LogP contribution is -2.14. The summed E-state index contributed by atoms with van der Waals surface area (Å²) in [6.07, 6.45) is 0. The zero-order chi connectivity index (χ0) is 15.9. The van der Waals surface area contributed by atoms with Gasteiger partial charge in [-0.3, -0.25) is 4.79 Å². The van der Waals surface area contributed by atoms with Gasteiger partial charge in [0, 0.05) is 15.5 Å². The van der Waals surface area contributed by atoms with E-state index in [1.165, 1.54) is 12.1 Å². The van der Waals surface area contributed by atoms with Gasteiger partial charge in [0.1, 0.15) is 0 Å². The molecule has 0 aliphatic heterocycles. The van der Waals surface area contributed by atoms with Crippen LogP contribution in [0.1, 0.15) is 20.7 Å². The number of Topliss-reactive ketones (excluding diaryl/α,β-unsaturated/α-hetero) is 1. The van der Waals surface area contributed by atoms with Crippen molar-refractivity contribution in [1.82, 2.24) is 0 Å². The SMILES string of the molecule is [N-]=[N+]=Nc1ccccc1C(=O)OCC(=O)c1ccc(Cl)cc1. The molecular formula is C15H10ClN3O3. The Balaban J connectivity index is 2.05. The lowest BCUT2D eigenvalue weighted by Gasteiger charge is -2.06. The highest BCUT2D eigenvalue weighted by molar-refractivity contribution is 6.30. The standard InChI is InChI=1S/C15H10ClN3O3/c16-11-7-5-10(6-8-11)14(20)9-22-15(21)12-3-1-2-4-13(12)18-19-17/h1-8H,9H2. The maximum absolute atomic E-state index is 12.0. The Bertz CT molecular complexity index is 753. The van der Waals surface area contributed by atoms with Gasteiger partial charge in [-0.05, 0) is 35.9 Å². The highest BCUT2D eigenvalue weighted by Crippen LogP contribution is 2.20. The van der Waals surface area contributed by atoms with Crippen LogP contribution in [0.4, 0.5) is 5.69 Å². The second kappa shape index (κ2) is 7.26. The largest absolute Gasteiger partial charge is 0.454 e. The fourth-order valence-electron chi connectivity index (χ4n) is 1.71. The van der Waals surface area contributed by atoms with Crippen LogP contribution in [0, 0.1) is 0 Å². The van der Waals surface area contributed by atoms with Crippen LogP contribution in [-0.4, -0.2) is 18.4 Å². The smallest absolute Gasteiger partial charge is 0.339 e. The molecule has 0 radical (unpaired) electrons. The third-order valence-electron chi connectivity index (χ3n) is 2.78. The zero-order valence-electron chi connectivity index (χ0n) is 11.3. The number of esters is 1. The average molecular weight is 316 g/mol. The predicted octanol–water partition coefficient (Wildman–Crippen LogP) is 4.32. The van der Waals surface area contributed by atoms with Crippen molar-refractivity contribution in [3.05, 3.63) is 75.1 Å². The third-order valence-corrected chi connectivity index (χ3v) is 3.03. The molecule has 0 N–H and O–H groups in total. The molecule has 2 aromatic rings. The summed E-state index contributed by atoms with van der Waals surface area (Å²) in [4.78, 5) is 26.5. The maximum Gasteiger partial charge on any atom is 0.339 e. The lowest BCUT2D eigenvalue weighted by atomic mass is 10.1. The molecule has 0 saturated heterocycles. The molecule has 110 valence electrons. The van der Waals surface area contributed by atoms with E-state index in [0.717, 1.165) is 0 Å². The molecule has 0 bridgehead atoms. The molecule has 0 heterocycles. The average Bonchev–Trinajstić information content (AvgIpc) is 2.54. The number of benzene rings is 2. The molecule has 2 aromatic carbocycles. The van der Waals surface area contributed by atoms with E-state index in [1.807, 2.05) is 0 Å². The fraction of sp³-hybridized carbons (Fsp3) is 0.0667. The Hall–Kier alpha value is -2.82. The molecule has 0 saturated carbocycles. The van der Waals surface area contributed by atoms with Crippen LogP contribution in [0.2, 0.25) is 5.02 Å². The Morgan fingerprint density at radius 1 is 1.14 bits per heavy atom. The maximum atomic E-state index is 12.0. The van der Waals surface area contributed by atoms with Gasteiger partial charge in [0.15, 0.2) is 12.4 Å². The number of hydrogen-bond acceptors (Lipinski definition) is 4. The second-order valence-corrected chi connectivity index (χ2v) is 4.65. The first-order valence-electron chi connectivity index (χ1n) is 6.22. The predicted molar refractivity (Wildman–Crippen MR) is 81.3 cm³/mol. The van der Waals surface area contributed by atoms with E-state index in [1.54, 1.807) is 36.4 Å². The molecular weight excluding hydrogens is 306 g/mol. The summed E-state index contributed by atoms with van der Waals surface area (Å²) < 4.78 is 4.96. The van der Waals surface area contributed by atoms with E-state index in [0.29, 0.717) is 10.6 Å². The van der Waals surface area contributed by atoms with Crippen molar-refractivity contribution in [2.45, 2.75) is 0 Å². The number of hydrogen-bond donors (Lipinski definition) is 0. The van der Waals surface area contributed by atoms with E-state index in [-0.39, 0.29) is 17.0 Å². The highest BCUT2D eigenvalue weighted by Gasteiger charge is 2.14. The first-order valence-corrected chi connectivity index (χ1v) is 6.59. The van der Waals surface area contributed by atoms with Crippen molar-refractivity contribution >= 4 is 29.0 Å². The number of ether oxygens (including phenoxy) is 1.